The number of halogens is 2. The van der Waals surface area contributed by atoms with Gasteiger partial charge in [0.15, 0.2) is 12.9 Å². The summed E-state index contributed by atoms with van der Waals surface area (Å²) in [5.41, 5.74) is 0.618. The van der Waals surface area contributed by atoms with Gasteiger partial charge in [-0.25, -0.2) is 9.37 Å². The van der Waals surface area contributed by atoms with Gasteiger partial charge in [-0.3, -0.25) is 0 Å². The van der Waals surface area contributed by atoms with Crippen molar-refractivity contribution in [2.45, 2.75) is 6.67 Å². The van der Waals surface area contributed by atoms with Crippen LogP contribution >= 0.6 is 0 Å². The van der Waals surface area contributed by atoms with E-state index in [1.807, 2.05) is 6.07 Å². The average Bonchev–Trinajstić information content (AvgIpc) is 1.90. The van der Waals surface area contributed by atoms with E-state index in [1.54, 1.807) is 18.3 Å². The largest absolute Gasteiger partial charge is 1.00 e. The summed E-state index contributed by atoms with van der Waals surface area (Å²) in [6, 6.07) is 5.32. The molecule has 0 spiro atoms. The van der Waals surface area contributed by atoms with Gasteiger partial charge in [-0.15, -0.1) is 0 Å². The lowest BCUT2D eigenvalue weighted by Crippen LogP contribution is -3.00. The van der Waals surface area contributed by atoms with Crippen LogP contribution in [0.4, 0.5) is 4.39 Å². The molecule has 0 amide bonds. The molecule has 0 radical (unpaired) electrons. The van der Waals surface area contributed by atoms with Crippen molar-refractivity contribution in [1.82, 2.24) is 0 Å². The summed E-state index contributed by atoms with van der Waals surface area (Å²) < 4.78 is 11.7. The molecule has 1 N–H and O–H groups in total. The normalized spacial score (nSPS) is 8.11. The third-order valence-corrected chi connectivity index (χ3v) is 0.917. The Kier molecular flexibility index (Phi) is 4.57. The minimum absolute atomic E-state index is 0. The maximum atomic E-state index is 11.7. The van der Waals surface area contributed by atoms with Crippen molar-refractivity contribution in [3.05, 3.63) is 30.1 Å². The third-order valence-electron chi connectivity index (χ3n) is 0.917. The molecule has 0 aliphatic rings. The zero-order valence-electron chi connectivity index (χ0n) is 4.77. The molecule has 1 nitrogen and oxygen atoms in total. The summed E-state index contributed by atoms with van der Waals surface area (Å²) in [5.74, 6) is 0. The topological polar surface area (TPSA) is 14.1 Å². The van der Waals surface area contributed by atoms with E-state index in [-0.39, 0.29) is 24.0 Å². The highest BCUT2D eigenvalue weighted by Crippen LogP contribution is 1.88. The fourth-order valence-electron chi connectivity index (χ4n) is 0.514. The van der Waals surface area contributed by atoms with Gasteiger partial charge in [0, 0.05) is 12.1 Å². The average molecular weight is 239 g/mol. The van der Waals surface area contributed by atoms with Crippen molar-refractivity contribution in [1.29, 1.82) is 0 Å². The molecule has 0 saturated carbocycles. The van der Waals surface area contributed by atoms with E-state index in [1.165, 1.54) is 0 Å². The number of aromatic nitrogens is 1. The van der Waals surface area contributed by atoms with Gasteiger partial charge in [0.2, 0.25) is 5.69 Å². The van der Waals surface area contributed by atoms with Gasteiger partial charge in [0.1, 0.15) is 0 Å². The van der Waals surface area contributed by atoms with Gasteiger partial charge in [0.05, 0.1) is 0 Å². The molecule has 0 bridgehead atoms. The molecule has 1 aromatic heterocycles. The van der Waals surface area contributed by atoms with Crippen LogP contribution in [0.1, 0.15) is 5.69 Å². The highest BCUT2D eigenvalue weighted by Gasteiger charge is 1.92. The standard InChI is InChI=1S/C6H6FN.HI/c7-5-6-3-1-2-4-8-6;/h1-4H,5H2;1H. The molecule has 3 heteroatoms. The first-order chi connectivity index (χ1) is 3.93. The number of alkyl halides is 1. The Bertz CT molecular complexity index is 154. The molecule has 1 rings (SSSR count). The second-order valence-corrected chi connectivity index (χ2v) is 1.52. The zero-order chi connectivity index (χ0) is 5.82. The number of nitrogens with one attached hydrogen (secondary N) is 1. The molecule has 0 aliphatic heterocycles. The van der Waals surface area contributed by atoms with Gasteiger partial charge in [0.25, 0.3) is 0 Å². The highest BCUT2D eigenvalue weighted by atomic mass is 127. The molecular formula is C6H7FIN. The van der Waals surface area contributed by atoms with Crippen LogP contribution in [0.5, 0.6) is 0 Å². The second-order valence-electron chi connectivity index (χ2n) is 1.52. The summed E-state index contributed by atoms with van der Waals surface area (Å²) in [6.07, 6.45) is 1.70. The van der Waals surface area contributed by atoms with Gasteiger partial charge in [-0.2, -0.15) is 0 Å². The molecule has 0 unspecified atom stereocenters. The maximum Gasteiger partial charge on any atom is 0.211 e. The number of pyridine rings is 1. The van der Waals surface area contributed by atoms with E-state index in [0.717, 1.165) is 0 Å². The molecule has 1 heterocycles. The number of hydrogen-bond acceptors (Lipinski definition) is 0. The fraction of sp³-hybridized carbons (Fsp3) is 0.167. The minimum Gasteiger partial charge on any atom is -1.00 e. The van der Waals surface area contributed by atoms with Crippen LogP contribution in [-0.4, -0.2) is 0 Å². The van der Waals surface area contributed by atoms with Crippen molar-refractivity contribution in [3.8, 4) is 0 Å². The van der Waals surface area contributed by atoms with Crippen LogP contribution in [-0.2, 0) is 6.67 Å². The van der Waals surface area contributed by atoms with Crippen molar-refractivity contribution in [3.63, 3.8) is 0 Å². The maximum absolute atomic E-state index is 11.7. The van der Waals surface area contributed by atoms with Crippen molar-refractivity contribution < 1.29 is 33.4 Å². The molecule has 0 aliphatic carbocycles. The summed E-state index contributed by atoms with van der Waals surface area (Å²) in [5, 5.41) is 0. The van der Waals surface area contributed by atoms with Crippen LogP contribution in [0.15, 0.2) is 24.4 Å². The monoisotopic (exact) mass is 239 g/mol. The summed E-state index contributed by atoms with van der Waals surface area (Å²) in [6.45, 7) is -0.416. The molecule has 1 aromatic rings. The van der Waals surface area contributed by atoms with Crippen molar-refractivity contribution >= 4 is 0 Å². The van der Waals surface area contributed by atoms with E-state index >= 15 is 0 Å². The zero-order valence-corrected chi connectivity index (χ0v) is 6.93. The lowest BCUT2D eigenvalue weighted by Gasteiger charge is -1.79. The number of rotatable bonds is 1. The summed E-state index contributed by atoms with van der Waals surface area (Å²) in [7, 11) is 0. The fourth-order valence-corrected chi connectivity index (χ4v) is 0.514. The van der Waals surface area contributed by atoms with Gasteiger partial charge < -0.3 is 24.0 Å². The predicted molar refractivity (Wildman–Crippen MR) is 27.8 cm³/mol. The van der Waals surface area contributed by atoms with E-state index in [4.69, 9.17) is 0 Å². The first-order valence-corrected chi connectivity index (χ1v) is 2.45. The number of hydrogen-bond donors (Lipinski definition) is 0. The molecule has 0 fully saturated rings. The summed E-state index contributed by atoms with van der Waals surface area (Å²) >= 11 is 0. The van der Waals surface area contributed by atoms with Crippen LogP contribution in [0.25, 0.3) is 0 Å². The van der Waals surface area contributed by atoms with Crippen LogP contribution in [0, 0.1) is 0 Å². The Morgan fingerprint density at radius 1 is 1.44 bits per heavy atom. The van der Waals surface area contributed by atoms with Gasteiger partial charge >= 0.3 is 0 Å². The number of aromatic amines is 1. The van der Waals surface area contributed by atoms with E-state index in [2.05, 4.69) is 4.98 Å². The Morgan fingerprint density at radius 2 is 2.22 bits per heavy atom. The summed E-state index contributed by atoms with van der Waals surface area (Å²) in [4.78, 5) is 2.74. The SMILES string of the molecule is FCc1cccc[nH+]1.[I-]. The van der Waals surface area contributed by atoms with Crippen molar-refractivity contribution in [2.75, 3.05) is 0 Å². The predicted octanol–water partition coefficient (Wildman–Crippen LogP) is -2.03. The minimum atomic E-state index is -0.416. The molecule has 9 heavy (non-hydrogen) atoms. The Hall–Kier alpha value is -0.190. The quantitative estimate of drug-likeness (QED) is 0.502. The van der Waals surface area contributed by atoms with Crippen molar-refractivity contribution in [2.24, 2.45) is 0 Å². The second kappa shape index (κ2) is 4.67. The third kappa shape index (κ3) is 2.74. The molecular weight excluding hydrogens is 232 g/mol. The van der Waals surface area contributed by atoms with Gasteiger partial charge in [-0.1, -0.05) is 6.07 Å². The first-order valence-electron chi connectivity index (χ1n) is 2.45. The van der Waals surface area contributed by atoms with Crippen LogP contribution < -0.4 is 29.0 Å². The Morgan fingerprint density at radius 3 is 2.56 bits per heavy atom. The van der Waals surface area contributed by atoms with Crippen LogP contribution in [0.3, 0.4) is 0 Å². The van der Waals surface area contributed by atoms with Crippen LogP contribution in [0.2, 0.25) is 0 Å². The first kappa shape index (κ1) is 8.81. The highest BCUT2D eigenvalue weighted by molar-refractivity contribution is 4.94. The lowest BCUT2D eigenvalue weighted by molar-refractivity contribution is -0.393. The molecule has 0 atom stereocenters. The Balaban J connectivity index is 0.000000640. The van der Waals surface area contributed by atoms with E-state index in [0.29, 0.717) is 5.69 Å². The molecule has 0 saturated heterocycles. The number of H-pyrrole nitrogens is 1. The molecule has 0 aromatic carbocycles. The van der Waals surface area contributed by atoms with Gasteiger partial charge in [-0.05, 0) is 0 Å². The molecule has 50 valence electrons. The smallest absolute Gasteiger partial charge is 0.211 e. The Labute approximate surface area is 70.3 Å². The van der Waals surface area contributed by atoms with E-state index < -0.39 is 6.67 Å². The lowest BCUT2D eigenvalue weighted by atomic mass is 10.4. The van der Waals surface area contributed by atoms with E-state index in [9.17, 15) is 4.39 Å².